The first-order valence-electron chi connectivity index (χ1n) is 11.3. The molecule has 2 amide bonds. The number of aromatic amines is 1. The van der Waals surface area contributed by atoms with E-state index < -0.39 is 11.7 Å². The molecule has 0 unspecified atom stereocenters. The summed E-state index contributed by atoms with van der Waals surface area (Å²) in [5.74, 6) is -1.61. The molecule has 0 fully saturated rings. The fraction of sp³-hybridized carbons (Fsp3) is 0.143. The van der Waals surface area contributed by atoms with Crippen molar-refractivity contribution >= 4 is 34.0 Å². The van der Waals surface area contributed by atoms with E-state index in [0.29, 0.717) is 30.8 Å². The van der Waals surface area contributed by atoms with Crippen molar-refractivity contribution in [3.8, 4) is 0 Å². The van der Waals surface area contributed by atoms with Gasteiger partial charge in [-0.2, -0.15) is 0 Å². The molecule has 0 aliphatic carbocycles. The number of nitrogens with one attached hydrogen (secondary N) is 2. The van der Waals surface area contributed by atoms with Crippen LogP contribution in [0.5, 0.6) is 0 Å². The maximum absolute atomic E-state index is 14.0. The molecule has 0 radical (unpaired) electrons. The molecule has 1 aliphatic rings. The van der Waals surface area contributed by atoms with Crippen LogP contribution in [0.3, 0.4) is 0 Å². The van der Waals surface area contributed by atoms with Gasteiger partial charge in [0.1, 0.15) is 11.6 Å². The average Bonchev–Trinajstić information content (AvgIpc) is 3.28. The number of benzene rings is 3. The highest BCUT2D eigenvalue weighted by Gasteiger charge is 2.22. The summed E-state index contributed by atoms with van der Waals surface area (Å²) in [6, 6.07) is 15.6. The monoisotopic (exact) mass is 471 g/mol. The Morgan fingerprint density at radius 3 is 2.63 bits per heavy atom. The van der Waals surface area contributed by atoms with E-state index in [9.17, 15) is 18.4 Å². The quantitative estimate of drug-likeness (QED) is 0.387. The highest BCUT2D eigenvalue weighted by molar-refractivity contribution is 6.06. The fourth-order valence-corrected chi connectivity index (χ4v) is 4.37. The third-order valence-electron chi connectivity index (χ3n) is 6.34. The molecule has 1 aromatic heterocycles. The standard InChI is InChI=1S/C28H23F2N3O2/c1-17-6-7-19(14-25(17)32-27(34)22-4-2-3-5-24(22)30)28(35)33-12-10-18(11-13-33)23-16-31-26-15-20(29)8-9-21(23)26/h2-10,14-16,31H,11-13H2,1H3,(H,32,34). The Hall–Kier alpha value is -4.26. The number of aryl methyl sites for hydroxylation is 1. The van der Waals surface area contributed by atoms with Gasteiger partial charge >= 0.3 is 0 Å². The van der Waals surface area contributed by atoms with E-state index in [1.807, 2.05) is 19.2 Å². The Morgan fingerprint density at radius 2 is 1.86 bits per heavy atom. The van der Waals surface area contributed by atoms with Crippen LogP contribution in [0.1, 0.15) is 38.3 Å². The van der Waals surface area contributed by atoms with Gasteiger partial charge in [-0.05, 0) is 66.9 Å². The summed E-state index contributed by atoms with van der Waals surface area (Å²) in [7, 11) is 0. The van der Waals surface area contributed by atoms with E-state index in [0.717, 1.165) is 27.6 Å². The Bertz CT molecular complexity index is 1490. The summed E-state index contributed by atoms with van der Waals surface area (Å²) in [5, 5.41) is 3.67. The highest BCUT2D eigenvalue weighted by Crippen LogP contribution is 2.30. The number of aromatic nitrogens is 1. The molecule has 35 heavy (non-hydrogen) atoms. The first-order valence-corrected chi connectivity index (χ1v) is 11.3. The fourth-order valence-electron chi connectivity index (χ4n) is 4.37. The lowest BCUT2D eigenvalue weighted by Gasteiger charge is -2.27. The van der Waals surface area contributed by atoms with Crippen molar-refractivity contribution in [3.05, 3.63) is 107 Å². The molecule has 0 atom stereocenters. The van der Waals surface area contributed by atoms with Gasteiger partial charge < -0.3 is 15.2 Å². The van der Waals surface area contributed by atoms with Gasteiger partial charge in [0.2, 0.25) is 0 Å². The Kier molecular flexibility index (Phi) is 5.91. The third-order valence-corrected chi connectivity index (χ3v) is 6.34. The normalized spacial score (nSPS) is 13.6. The van der Waals surface area contributed by atoms with Crippen molar-refractivity contribution in [2.45, 2.75) is 13.3 Å². The number of amides is 2. The summed E-state index contributed by atoms with van der Waals surface area (Å²) in [6.45, 7) is 2.78. The first-order chi connectivity index (χ1) is 16.9. The van der Waals surface area contributed by atoms with E-state index in [2.05, 4.69) is 10.3 Å². The molecule has 5 nitrogen and oxygen atoms in total. The molecule has 0 spiro atoms. The number of anilines is 1. The van der Waals surface area contributed by atoms with Gasteiger partial charge in [-0.3, -0.25) is 9.59 Å². The van der Waals surface area contributed by atoms with Crippen LogP contribution in [0, 0.1) is 18.6 Å². The lowest BCUT2D eigenvalue weighted by molar-refractivity contribution is 0.0772. The number of carbonyl (C=O) groups excluding carboxylic acids is 2. The minimum absolute atomic E-state index is 0.0580. The second-order valence-electron chi connectivity index (χ2n) is 8.59. The van der Waals surface area contributed by atoms with Crippen molar-refractivity contribution in [1.29, 1.82) is 0 Å². The topological polar surface area (TPSA) is 65.2 Å². The van der Waals surface area contributed by atoms with Crippen LogP contribution in [-0.4, -0.2) is 34.8 Å². The third kappa shape index (κ3) is 4.45. The molecule has 2 heterocycles. The number of H-pyrrole nitrogens is 1. The van der Waals surface area contributed by atoms with Gasteiger partial charge in [0.25, 0.3) is 11.8 Å². The predicted molar refractivity (Wildman–Crippen MR) is 132 cm³/mol. The Morgan fingerprint density at radius 1 is 1.03 bits per heavy atom. The van der Waals surface area contributed by atoms with Crippen LogP contribution in [0.2, 0.25) is 0 Å². The predicted octanol–water partition coefficient (Wildman–Crippen LogP) is 5.94. The van der Waals surface area contributed by atoms with Crippen molar-refractivity contribution in [3.63, 3.8) is 0 Å². The van der Waals surface area contributed by atoms with Gasteiger partial charge in [-0.25, -0.2) is 8.78 Å². The molecule has 2 N–H and O–H groups in total. The number of hydrogen-bond donors (Lipinski definition) is 2. The Balaban J connectivity index is 1.32. The molecule has 0 saturated carbocycles. The average molecular weight is 472 g/mol. The number of hydrogen-bond acceptors (Lipinski definition) is 2. The zero-order valence-electron chi connectivity index (χ0n) is 19.1. The van der Waals surface area contributed by atoms with E-state index in [-0.39, 0.29) is 17.3 Å². The van der Waals surface area contributed by atoms with Crippen LogP contribution in [0.4, 0.5) is 14.5 Å². The zero-order chi connectivity index (χ0) is 24.5. The van der Waals surface area contributed by atoms with Gasteiger partial charge in [0, 0.05) is 47.0 Å². The lowest BCUT2D eigenvalue weighted by Crippen LogP contribution is -2.34. The van der Waals surface area contributed by atoms with E-state index in [4.69, 9.17) is 0 Å². The van der Waals surface area contributed by atoms with Crippen molar-refractivity contribution in [2.75, 3.05) is 18.4 Å². The number of carbonyl (C=O) groups is 2. The number of fused-ring (bicyclic) bond motifs is 1. The van der Waals surface area contributed by atoms with E-state index in [1.54, 1.807) is 35.2 Å². The summed E-state index contributed by atoms with van der Waals surface area (Å²) >= 11 is 0. The smallest absolute Gasteiger partial charge is 0.258 e. The maximum atomic E-state index is 14.0. The summed E-state index contributed by atoms with van der Waals surface area (Å²) in [5.41, 5.74) is 4.47. The van der Waals surface area contributed by atoms with Crippen LogP contribution >= 0.6 is 0 Å². The first kappa shape index (κ1) is 22.5. The SMILES string of the molecule is Cc1ccc(C(=O)N2CC=C(c3c[nH]c4cc(F)ccc34)CC2)cc1NC(=O)c1ccccc1F. The molecular weight excluding hydrogens is 448 g/mol. The minimum atomic E-state index is -0.605. The van der Waals surface area contributed by atoms with Gasteiger partial charge in [-0.1, -0.05) is 24.3 Å². The van der Waals surface area contributed by atoms with Crippen molar-refractivity contribution in [1.82, 2.24) is 9.88 Å². The Labute approximate surface area is 201 Å². The molecule has 5 rings (SSSR count). The van der Waals surface area contributed by atoms with E-state index in [1.165, 1.54) is 30.3 Å². The number of nitrogens with zero attached hydrogens (tertiary/aromatic N) is 1. The second kappa shape index (κ2) is 9.18. The number of rotatable bonds is 4. The molecule has 7 heteroatoms. The van der Waals surface area contributed by atoms with Crippen molar-refractivity contribution in [2.24, 2.45) is 0 Å². The minimum Gasteiger partial charge on any atom is -0.360 e. The molecule has 176 valence electrons. The molecule has 3 aromatic carbocycles. The molecule has 1 aliphatic heterocycles. The van der Waals surface area contributed by atoms with Gasteiger partial charge in [0.15, 0.2) is 0 Å². The summed E-state index contributed by atoms with van der Waals surface area (Å²) in [4.78, 5) is 30.6. The van der Waals surface area contributed by atoms with Gasteiger partial charge in [0.05, 0.1) is 5.56 Å². The zero-order valence-corrected chi connectivity index (χ0v) is 19.1. The lowest BCUT2D eigenvalue weighted by atomic mass is 9.98. The molecule has 4 aromatic rings. The maximum Gasteiger partial charge on any atom is 0.258 e. The molecule has 0 saturated heterocycles. The molecular formula is C28H23F2N3O2. The van der Waals surface area contributed by atoms with Crippen LogP contribution in [0.15, 0.2) is 72.9 Å². The summed E-state index contributed by atoms with van der Waals surface area (Å²) in [6.07, 6.45) is 4.55. The van der Waals surface area contributed by atoms with Crippen LogP contribution < -0.4 is 5.32 Å². The largest absolute Gasteiger partial charge is 0.360 e. The highest BCUT2D eigenvalue weighted by atomic mass is 19.1. The van der Waals surface area contributed by atoms with Crippen LogP contribution in [0.25, 0.3) is 16.5 Å². The van der Waals surface area contributed by atoms with Gasteiger partial charge in [-0.15, -0.1) is 0 Å². The van der Waals surface area contributed by atoms with E-state index >= 15 is 0 Å². The molecule has 0 bridgehead atoms. The number of halogens is 2. The van der Waals surface area contributed by atoms with Crippen molar-refractivity contribution < 1.29 is 18.4 Å². The van der Waals surface area contributed by atoms with Crippen LogP contribution in [-0.2, 0) is 0 Å². The summed E-state index contributed by atoms with van der Waals surface area (Å²) < 4.78 is 27.5. The second-order valence-corrected chi connectivity index (χ2v) is 8.59.